The summed E-state index contributed by atoms with van der Waals surface area (Å²) in [7, 11) is 7.19. The number of benzene rings is 2. The number of amides is 2. The molecule has 0 radical (unpaired) electrons. The number of anilines is 1. The number of methoxy groups -OCH3 is 2. The highest BCUT2D eigenvalue weighted by Crippen LogP contribution is 2.37. The number of imide groups is 1. The van der Waals surface area contributed by atoms with Crippen molar-refractivity contribution in [2.24, 2.45) is 7.05 Å². The smallest absolute Gasteiger partial charge is 0.264 e. The topological polar surface area (TPSA) is 150 Å². The van der Waals surface area contributed by atoms with Gasteiger partial charge in [-0.1, -0.05) is 31.7 Å². The van der Waals surface area contributed by atoms with Gasteiger partial charge in [0, 0.05) is 56.4 Å². The average Bonchev–Trinajstić information content (AvgIpc) is 3.16. The van der Waals surface area contributed by atoms with Gasteiger partial charge in [-0.3, -0.25) is 34.0 Å². The van der Waals surface area contributed by atoms with Crippen molar-refractivity contribution in [3.63, 3.8) is 0 Å². The number of carbonyl (C=O) groups is 2. The molecule has 1 fully saturated rings. The minimum Gasteiger partial charge on any atom is -0.496 e. The summed E-state index contributed by atoms with van der Waals surface area (Å²) < 4.78 is 14.7. The Hall–Kier alpha value is -5.56. The summed E-state index contributed by atoms with van der Waals surface area (Å²) in [5, 5.41) is 7.62. The molecule has 284 valence electrons. The van der Waals surface area contributed by atoms with Gasteiger partial charge in [0.1, 0.15) is 23.4 Å². The first kappa shape index (κ1) is 38.2. The van der Waals surface area contributed by atoms with Crippen LogP contribution >= 0.6 is 0 Å². The standard InChI is InChI=1S/C41H49N7O6/c1-26-44-33-14-12-13-32(38(33)41(52)48(26)34-15-16-37(49)45-39(34)50)43-18-10-8-6-7-9-11-20-46(2)24-31-35(53-4)21-27(22-36(31)54-5)30-25-47(3)40(51)29-23-42-19-17-28(29)30/h12-14,17,19,21-23,25,34,43H,6-11,15-16,18,20,24H2,1-5H3,(H,45,49,50). The van der Waals surface area contributed by atoms with Crippen LogP contribution in [0.2, 0.25) is 0 Å². The minimum absolute atomic E-state index is 0.0928. The molecule has 0 spiro atoms. The van der Waals surface area contributed by atoms with Crippen molar-refractivity contribution in [2.45, 2.75) is 70.9 Å². The highest BCUT2D eigenvalue weighted by Gasteiger charge is 2.31. The fraction of sp³-hybridized carbons (Fsp3) is 0.415. The molecule has 13 heteroatoms. The summed E-state index contributed by atoms with van der Waals surface area (Å²) in [6.07, 6.45) is 12.1. The van der Waals surface area contributed by atoms with Crippen molar-refractivity contribution >= 4 is 39.2 Å². The van der Waals surface area contributed by atoms with Crippen LogP contribution in [-0.2, 0) is 23.2 Å². The van der Waals surface area contributed by atoms with Gasteiger partial charge in [-0.25, -0.2) is 4.98 Å². The van der Waals surface area contributed by atoms with E-state index in [2.05, 4.69) is 32.5 Å². The molecular formula is C41H49N7O6. The first-order valence-electron chi connectivity index (χ1n) is 18.6. The van der Waals surface area contributed by atoms with E-state index < -0.39 is 11.9 Å². The molecule has 5 aromatic rings. The van der Waals surface area contributed by atoms with Crippen molar-refractivity contribution in [2.75, 3.05) is 39.7 Å². The maximum Gasteiger partial charge on any atom is 0.264 e. The molecule has 1 atom stereocenters. The summed E-state index contributed by atoms with van der Waals surface area (Å²) in [6.45, 7) is 4.03. The molecule has 54 heavy (non-hydrogen) atoms. The van der Waals surface area contributed by atoms with Crippen molar-refractivity contribution in [1.29, 1.82) is 0 Å². The maximum absolute atomic E-state index is 13.7. The lowest BCUT2D eigenvalue weighted by Gasteiger charge is -2.24. The van der Waals surface area contributed by atoms with Crippen molar-refractivity contribution in [3.05, 3.63) is 87.1 Å². The number of nitrogens with zero attached hydrogens (tertiary/aromatic N) is 5. The third-order valence-corrected chi connectivity index (χ3v) is 10.2. The van der Waals surface area contributed by atoms with E-state index in [1.807, 2.05) is 36.5 Å². The van der Waals surface area contributed by atoms with Gasteiger partial charge < -0.3 is 24.3 Å². The zero-order chi connectivity index (χ0) is 38.4. The highest BCUT2D eigenvalue weighted by atomic mass is 16.5. The molecular weight excluding hydrogens is 686 g/mol. The number of nitrogens with one attached hydrogen (secondary N) is 2. The summed E-state index contributed by atoms with van der Waals surface area (Å²) >= 11 is 0. The number of rotatable bonds is 16. The quantitative estimate of drug-likeness (QED) is 0.0983. The normalized spacial score (nSPS) is 14.5. The van der Waals surface area contributed by atoms with Crippen LogP contribution in [-0.4, -0.2) is 70.2 Å². The SMILES string of the molecule is COc1cc(-c2cn(C)c(=O)c3cnccc23)cc(OC)c1CN(C)CCCCCCCCNc1cccc2nc(C)n(C3CCC(=O)NC3=O)c(=O)c12. The third-order valence-electron chi connectivity index (χ3n) is 10.2. The van der Waals surface area contributed by atoms with E-state index in [-0.39, 0.29) is 29.9 Å². The van der Waals surface area contributed by atoms with Crippen LogP contribution in [0.3, 0.4) is 0 Å². The Morgan fingerprint density at radius 1 is 0.944 bits per heavy atom. The van der Waals surface area contributed by atoms with Gasteiger partial charge in [0.15, 0.2) is 0 Å². The lowest BCUT2D eigenvalue weighted by molar-refractivity contribution is -0.135. The monoisotopic (exact) mass is 735 g/mol. The third kappa shape index (κ3) is 8.15. The molecule has 1 aliphatic rings. The Morgan fingerprint density at radius 3 is 2.39 bits per heavy atom. The molecule has 2 aromatic carbocycles. The number of hydrogen-bond acceptors (Lipinski definition) is 10. The molecule has 1 unspecified atom stereocenters. The summed E-state index contributed by atoms with van der Waals surface area (Å²) in [4.78, 5) is 61.7. The summed E-state index contributed by atoms with van der Waals surface area (Å²) in [5.41, 5.74) is 3.69. The average molecular weight is 736 g/mol. The molecule has 3 aromatic heterocycles. The molecule has 4 heterocycles. The predicted octanol–water partition coefficient (Wildman–Crippen LogP) is 5.50. The molecule has 0 saturated carbocycles. The molecule has 0 bridgehead atoms. The zero-order valence-corrected chi connectivity index (χ0v) is 31.7. The van der Waals surface area contributed by atoms with Gasteiger partial charge >= 0.3 is 0 Å². The second-order valence-corrected chi connectivity index (χ2v) is 14.0. The zero-order valence-electron chi connectivity index (χ0n) is 31.7. The number of fused-ring (bicyclic) bond motifs is 2. The van der Waals surface area contributed by atoms with E-state index in [4.69, 9.17) is 9.47 Å². The van der Waals surface area contributed by atoms with Gasteiger partial charge in [-0.05, 0) is 81.1 Å². The lowest BCUT2D eigenvalue weighted by atomic mass is 9.99. The van der Waals surface area contributed by atoms with Crippen LogP contribution in [0.25, 0.3) is 32.8 Å². The lowest BCUT2D eigenvalue weighted by Crippen LogP contribution is -2.45. The number of ether oxygens (including phenoxy) is 2. The van der Waals surface area contributed by atoms with E-state index in [9.17, 15) is 19.2 Å². The van der Waals surface area contributed by atoms with Gasteiger partial charge in [0.05, 0.1) is 36.1 Å². The molecule has 1 aliphatic heterocycles. The molecule has 6 rings (SSSR count). The van der Waals surface area contributed by atoms with Gasteiger partial charge in [-0.15, -0.1) is 0 Å². The molecule has 13 nitrogen and oxygen atoms in total. The van der Waals surface area contributed by atoms with Crippen molar-refractivity contribution in [3.8, 4) is 22.6 Å². The van der Waals surface area contributed by atoms with Gasteiger partial charge in [-0.2, -0.15) is 0 Å². The van der Waals surface area contributed by atoms with E-state index >= 15 is 0 Å². The number of piperidine rings is 1. The predicted molar refractivity (Wildman–Crippen MR) is 210 cm³/mol. The fourth-order valence-electron chi connectivity index (χ4n) is 7.42. The van der Waals surface area contributed by atoms with Crippen molar-refractivity contribution in [1.82, 2.24) is 29.3 Å². The van der Waals surface area contributed by atoms with Crippen LogP contribution in [0.1, 0.15) is 68.8 Å². The van der Waals surface area contributed by atoms with Crippen LogP contribution in [0.4, 0.5) is 5.69 Å². The highest BCUT2D eigenvalue weighted by molar-refractivity contribution is 6.00. The Labute approximate surface area is 314 Å². The Balaban J connectivity index is 0.980. The molecule has 2 N–H and O–H groups in total. The Kier molecular flexibility index (Phi) is 12.1. The first-order chi connectivity index (χ1) is 26.1. The van der Waals surface area contributed by atoms with Crippen LogP contribution in [0.5, 0.6) is 11.5 Å². The molecule has 0 aliphatic carbocycles. The fourth-order valence-corrected chi connectivity index (χ4v) is 7.42. The second-order valence-electron chi connectivity index (χ2n) is 14.0. The van der Waals surface area contributed by atoms with Crippen LogP contribution < -0.4 is 31.2 Å². The summed E-state index contributed by atoms with van der Waals surface area (Å²) in [6, 6.07) is 10.7. The van der Waals surface area contributed by atoms with Crippen molar-refractivity contribution < 1.29 is 19.1 Å². The number of pyridine rings is 2. The van der Waals surface area contributed by atoms with Crippen LogP contribution in [0.15, 0.2) is 64.6 Å². The van der Waals surface area contributed by atoms with E-state index in [0.29, 0.717) is 40.9 Å². The number of aromatic nitrogens is 4. The number of hydrogen-bond donors (Lipinski definition) is 2. The molecule has 2 amide bonds. The number of aryl methyl sites for hydroxylation is 2. The largest absolute Gasteiger partial charge is 0.496 e. The Bertz CT molecular complexity index is 2270. The maximum atomic E-state index is 13.7. The van der Waals surface area contributed by atoms with Gasteiger partial charge in [0.25, 0.3) is 11.1 Å². The van der Waals surface area contributed by atoms with E-state index in [1.54, 1.807) is 51.2 Å². The van der Waals surface area contributed by atoms with E-state index in [0.717, 1.165) is 78.6 Å². The minimum atomic E-state index is -0.753. The number of carbonyl (C=O) groups excluding carboxylic acids is 2. The first-order valence-corrected chi connectivity index (χ1v) is 18.6. The Morgan fingerprint density at radius 2 is 1.67 bits per heavy atom. The van der Waals surface area contributed by atoms with Crippen LogP contribution in [0, 0.1) is 6.92 Å². The van der Waals surface area contributed by atoms with Gasteiger partial charge in [0.2, 0.25) is 11.8 Å². The second kappa shape index (κ2) is 17.1. The summed E-state index contributed by atoms with van der Waals surface area (Å²) in [5.74, 6) is 1.13. The van der Waals surface area contributed by atoms with E-state index in [1.165, 1.54) is 4.57 Å². The molecule has 1 saturated heterocycles. The number of unbranched alkanes of at least 4 members (excludes halogenated alkanes) is 5.